The molecule has 0 aliphatic carbocycles. The Kier molecular flexibility index (Phi) is 3.99. The third-order valence-corrected chi connectivity index (χ3v) is 3.39. The Morgan fingerprint density at radius 1 is 1.25 bits per heavy atom. The van der Waals surface area contributed by atoms with Crippen molar-refractivity contribution in [2.45, 2.75) is 33.1 Å². The number of hydrogen-bond acceptors (Lipinski definition) is 2. The Labute approximate surface area is 127 Å². The van der Waals surface area contributed by atoms with Gasteiger partial charge in [-0.25, -0.2) is 4.98 Å². The number of hydrogen-bond donors (Lipinski definition) is 2. The molecule has 0 saturated heterocycles. The van der Waals surface area contributed by atoms with Crippen molar-refractivity contribution < 1.29 is 4.79 Å². The lowest BCUT2D eigenvalue weighted by atomic mass is 9.89. The molecule has 106 valence electrons. The Hall–Kier alpha value is -1.62. The topological polar surface area (TPSA) is 57.8 Å². The predicted molar refractivity (Wildman–Crippen MR) is 84.7 cm³/mol. The van der Waals surface area contributed by atoms with Crippen molar-refractivity contribution in [2.24, 2.45) is 0 Å². The van der Waals surface area contributed by atoms with E-state index in [1.54, 1.807) is 0 Å². The summed E-state index contributed by atoms with van der Waals surface area (Å²) in [6.07, 6.45) is 0. The molecular weight excluding hydrogens is 318 g/mol. The Balaban J connectivity index is 2.52. The van der Waals surface area contributed by atoms with Crippen LogP contribution in [0.25, 0.3) is 11.3 Å². The van der Waals surface area contributed by atoms with Gasteiger partial charge in [0.15, 0.2) is 0 Å². The molecule has 2 N–H and O–H groups in total. The van der Waals surface area contributed by atoms with Crippen LogP contribution in [-0.4, -0.2) is 15.9 Å². The number of benzene rings is 1. The van der Waals surface area contributed by atoms with E-state index in [4.69, 9.17) is 0 Å². The molecule has 0 bridgehead atoms. The van der Waals surface area contributed by atoms with Gasteiger partial charge in [-0.1, -0.05) is 48.8 Å². The molecule has 0 atom stereocenters. The molecule has 1 heterocycles. The number of aromatic amines is 1. The van der Waals surface area contributed by atoms with Crippen LogP contribution in [0, 0.1) is 0 Å². The number of nitrogens with one attached hydrogen (secondary N) is 2. The second-order valence-electron chi connectivity index (χ2n) is 5.75. The number of imidazole rings is 1. The number of halogens is 1. The maximum atomic E-state index is 11.2. The van der Waals surface area contributed by atoms with Crippen molar-refractivity contribution in [1.82, 2.24) is 9.97 Å². The van der Waals surface area contributed by atoms with Gasteiger partial charge in [-0.05, 0) is 12.1 Å². The summed E-state index contributed by atoms with van der Waals surface area (Å²) >= 11 is 3.43. The molecule has 0 spiro atoms. The highest BCUT2D eigenvalue weighted by atomic mass is 79.9. The fourth-order valence-corrected chi connectivity index (χ4v) is 2.22. The summed E-state index contributed by atoms with van der Waals surface area (Å²) in [5, 5.41) is 2.70. The SMILES string of the molecule is CC(=O)Nc1nc(-c2ccc(Br)cc2)c(C(C)(C)C)[nH]1. The first-order valence-corrected chi connectivity index (χ1v) is 7.20. The zero-order valence-corrected chi connectivity index (χ0v) is 13.6. The predicted octanol–water partition coefficient (Wildman–Crippen LogP) is 4.10. The van der Waals surface area contributed by atoms with E-state index in [0.717, 1.165) is 21.4 Å². The lowest BCUT2D eigenvalue weighted by Crippen LogP contribution is -2.13. The van der Waals surface area contributed by atoms with E-state index in [9.17, 15) is 4.79 Å². The molecule has 1 aromatic heterocycles. The molecule has 0 fully saturated rings. The minimum Gasteiger partial charge on any atom is -0.327 e. The van der Waals surface area contributed by atoms with Crippen LogP contribution in [0.3, 0.4) is 0 Å². The number of aromatic nitrogens is 2. The van der Waals surface area contributed by atoms with E-state index in [0.29, 0.717) is 5.95 Å². The highest BCUT2D eigenvalue weighted by Gasteiger charge is 2.23. The van der Waals surface area contributed by atoms with E-state index in [1.165, 1.54) is 6.92 Å². The first kappa shape index (κ1) is 14.8. The average Bonchev–Trinajstić information content (AvgIpc) is 2.72. The van der Waals surface area contributed by atoms with Gasteiger partial charge < -0.3 is 4.98 Å². The van der Waals surface area contributed by atoms with E-state index in [1.807, 2.05) is 24.3 Å². The van der Waals surface area contributed by atoms with E-state index < -0.39 is 0 Å². The number of nitrogens with zero attached hydrogens (tertiary/aromatic N) is 1. The summed E-state index contributed by atoms with van der Waals surface area (Å²) in [6, 6.07) is 7.98. The zero-order valence-electron chi connectivity index (χ0n) is 12.0. The number of anilines is 1. The largest absolute Gasteiger partial charge is 0.327 e. The quantitative estimate of drug-likeness (QED) is 0.868. The van der Waals surface area contributed by atoms with Crippen LogP contribution >= 0.6 is 15.9 Å². The first-order chi connectivity index (χ1) is 9.27. The molecule has 0 aliphatic heterocycles. The normalized spacial score (nSPS) is 11.4. The van der Waals surface area contributed by atoms with Gasteiger partial charge in [0.2, 0.25) is 11.9 Å². The highest BCUT2D eigenvalue weighted by Crippen LogP contribution is 2.32. The molecule has 0 aliphatic rings. The summed E-state index contributed by atoms with van der Waals surface area (Å²) in [5.74, 6) is 0.349. The van der Waals surface area contributed by atoms with Crippen LogP contribution in [0.1, 0.15) is 33.4 Å². The van der Waals surface area contributed by atoms with E-state index >= 15 is 0 Å². The second kappa shape index (κ2) is 5.40. The van der Waals surface area contributed by atoms with Gasteiger partial charge in [0, 0.05) is 28.1 Å². The molecule has 2 rings (SSSR count). The summed E-state index contributed by atoms with van der Waals surface area (Å²) in [6.45, 7) is 7.81. The van der Waals surface area contributed by atoms with Gasteiger partial charge in [0.05, 0.1) is 5.69 Å². The number of carbonyl (C=O) groups excluding carboxylic acids is 1. The molecule has 2 aromatic rings. The summed E-state index contributed by atoms with van der Waals surface area (Å²) in [4.78, 5) is 18.9. The number of carbonyl (C=O) groups is 1. The van der Waals surface area contributed by atoms with Crippen LogP contribution in [0.4, 0.5) is 5.95 Å². The lowest BCUT2D eigenvalue weighted by molar-refractivity contribution is -0.114. The lowest BCUT2D eigenvalue weighted by Gasteiger charge is -2.18. The molecule has 1 aromatic carbocycles. The summed E-state index contributed by atoms with van der Waals surface area (Å²) in [5.41, 5.74) is 2.80. The van der Waals surface area contributed by atoms with E-state index in [2.05, 4.69) is 52.0 Å². The van der Waals surface area contributed by atoms with Crippen LogP contribution in [0.15, 0.2) is 28.7 Å². The molecular formula is C15H18BrN3O. The maximum absolute atomic E-state index is 11.2. The molecule has 4 nitrogen and oxygen atoms in total. The van der Waals surface area contributed by atoms with Gasteiger partial charge in [-0.15, -0.1) is 0 Å². The fourth-order valence-electron chi connectivity index (χ4n) is 1.96. The third-order valence-electron chi connectivity index (χ3n) is 2.87. The van der Waals surface area contributed by atoms with E-state index in [-0.39, 0.29) is 11.3 Å². The number of amides is 1. The van der Waals surface area contributed by atoms with Crippen molar-refractivity contribution in [3.8, 4) is 11.3 Å². The van der Waals surface area contributed by atoms with Gasteiger partial charge in [-0.3, -0.25) is 10.1 Å². The molecule has 5 heteroatoms. The third kappa shape index (κ3) is 3.28. The Bertz CT molecular complexity index is 624. The second-order valence-corrected chi connectivity index (χ2v) is 6.66. The van der Waals surface area contributed by atoms with Crippen LogP contribution < -0.4 is 5.32 Å². The molecule has 0 unspecified atom stereocenters. The maximum Gasteiger partial charge on any atom is 0.223 e. The summed E-state index contributed by atoms with van der Waals surface area (Å²) < 4.78 is 1.02. The first-order valence-electron chi connectivity index (χ1n) is 6.41. The van der Waals surface area contributed by atoms with Gasteiger partial charge in [0.1, 0.15) is 0 Å². The highest BCUT2D eigenvalue weighted by molar-refractivity contribution is 9.10. The van der Waals surface area contributed by atoms with Crippen LogP contribution in [0.5, 0.6) is 0 Å². The van der Waals surface area contributed by atoms with Crippen molar-refractivity contribution in [3.63, 3.8) is 0 Å². The average molecular weight is 336 g/mol. The Morgan fingerprint density at radius 3 is 2.35 bits per heavy atom. The summed E-state index contributed by atoms with van der Waals surface area (Å²) in [7, 11) is 0. The van der Waals surface area contributed by atoms with Crippen LogP contribution in [-0.2, 0) is 10.2 Å². The molecule has 0 saturated carbocycles. The monoisotopic (exact) mass is 335 g/mol. The molecule has 20 heavy (non-hydrogen) atoms. The minimum atomic E-state index is -0.137. The van der Waals surface area contributed by atoms with Crippen molar-refractivity contribution >= 4 is 27.8 Å². The molecule has 0 radical (unpaired) electrons. The van der Waals surface area contributed by atoms with Crippen molar-refractivity contribution in [2.75, 3.05) is 5.32 Å². The van der Waals surface area contributed by atoms with Gasteiger partial charge in [-0.2, -0.15) is 0 Å². The zero-order chi connectivity index (χ0) is 14.9. The van der Waals surface area contributed by atoms with Gasteiger partial charge >= 0.3 is 0 Å². The smallest absolute Gasteiger partial charge is 0.223 e. The van der Waals surface area contributed by atoms with Crippen LogP contribution in [0.2, 0.25) is 0 Å². The number of H-pyrrole nitrogens is 1. The number of rotatable bonds is 2. The van der Waals surface area contributed by atoms with Gasteiger partial charge in [0.25, 0.3) is 0 Å². The minimum absolute atomic E-state index is 0.0911. The molecule has 1 amide bonds. The van der Waals surface area contributed by atoms with Crippen molar-refractivity contribution in [3.05, 3.63) is 34.4 Å². The standard InChI is InChI=1S/C15H18BrN3O/c1-9(20)17-14-18-12(13(19-14)15(2,3)4)10-5-7-11(16)8-6-10/h5-8H,1-4H3,(H2,17,18,19,20). The Morgan fingerprint density at radius 2 is 1.85 bits per heavy atom. The fraction of sp³-hybridized carbons (Fsp3) is 0.333. The van der Waals surface area contributed by atoms with Crippen molar-refractivity contribution in [1.29, 1.82) is 0 Å².